The van der Waals surface area contributed by atoms with Crippen molar-refractivity contribution in [1.29, 1.82) is 0 Å². The topological polar surface area (TPSA) is 0 Å². The van der Waals surface area contributed by atoms with Crippen LogP contribution in [0.1, 0.15) is 48.6 Å². The number of alkyl halides is 1. The lowest BCUT2D eigenvalue weighted by Crippen LogP contribution is -2.46. The van der Waals surface area contributed by atoms with Crippen molar-refractivity contribution >= 4 is 23.2 Å². The minimum atomic E-state index is -0.238. The predicted octanol–water partition coefficient (Wildman–Crippen LogP) is 6.14. The molecule has 0 nitrogen and oxygen atoms in total. The number of aryl methyl sites for hydroxylation is 1. The molecule has 0 N–H and O–H groups in total. The Labute approximate surface area is 136 Å². The fraction of sp³-hybridized carbons (Fsp3) is 0.667. The van der Waals surface area contributed by atoms with Crippen molar-refractivity contribution in [2.24, 2.45) is 29.6 Å². The molecule has 114 valence electrons. The highest BCUT2D eigenvalue weighted by Gasteiger charge is 2.50. The largest absolute Gasteiger partial charge is 0.207 e. The molecule has 3 heteroatoms. The molecule has 4 bridgehead atoms. The molecule has 4 aliphatic carbocycles. The summed E-state index contributed by atoms with van der Waals surface area (Å²) in [6, 6.07) is 3.29. The van der Waals surface area contributed by atoms with Crippen molar-refractivity contribution in [3.05, 3.63) is 34.1 Å². The lowest BCUT2D eigenvalue weighted by molar-refractivity contribution is -0.0381. The third kappa shape index (κ3) is 2.32. The molecule has 0 radical (unpaired) electrons. The first-order valence-corrected chi connectivity index (χ1v) is 8.94. The summed E-state index contributed by atoms with van der Waals surface area (Å²) >= 11 is 13.2. The smallest absolute Gasteiger partial charge is 0.127 e. The summed E-state index contributed by atoms with van der Waals surface area (Å²) in [5, 5.41) is 0.429. The molecule has 1 aromatic rings. The summed E-state index contributed by atoms with van der Waals surface area (Å²) in [6.45, 7) is 1.79. The number of benzene rings is 1. The van der Waals surface area contributed by atoms with Gasteiger partial charge >= 0.3 is 0 Å². The number of rotatable bonds is 2. The fourth-order valence-electron chi connectivity index (χ4n) is 5.54. The molecule has 1 atom stereocenters. The standard InChI is InChI=1S/C18H21Cl2F/c1-9-2-14(15(19)8-16(9)21)18(20)17-12-4-10-3-11(6-12)7-13(17)5-10/h2,8,10-13,17-18H,3-7H2,1H3. The van der Waals surface area contributed by atoms with Gasteiger partial charge in [0.25, 0.3) is 0 Å². The monoisotopic (exact) mass is 326 g/mol. The Morgan fingerprint density at radius 2 is 1.62 bits per heavy atom. The molecule has 4 aliphatic rings. The summed E-state index contributed by atoms with van der Waals surface area (Å²) in [4.78, 5) is 0. The van der Waals surface area contributed by atoms with Gasteiger partial charge < -0.3 is 0 Å². The van der Waals surface area contributed by atoms with Gasteiger partial charge in [-0.2, -0.15) is 0 Å². The quantitative estimate of drug-likeness (QED) is 0.572. The van der Waals surface area contributed by atoms with Crippen molar-refractivity contribution in [3.8, 4) is 0 Å². The number of hydrogen-bond acceptors (Lipinski definition) is 0. The third-order valence-electron chi connectivity index (χ3n) is 6.21. The molecule has 0 aliphatic heterocycles. The van der Waals surface area contributed by atoms with Crippen LogP contribution in [-0.4, -0.2) is 0 Å². The van der Waals surface area contributed by atoms with Crippen LogP contribution in [-0.2, 0) is 0 Å². The highest BCUT2D eigenvalue weighted by Crippen LogP contribution is 2.60. The van der Waals surface area contributed by atoms with E-state index in [0.717, 1.165) is 29.2 Å². The zero-order chi connectivity index (χ0) is 14.7. The molecular weight excluding hydrogens is 306 g/mol. The maximum Gasteiger partial charge on any atom is 0.127 e. The summed E-state index contributed by atoms with van der Waals surface area (Å²) in [6.07, 6.45) is 6.83. The van der Waals surface area contributed by atoms with Crippen LogP contribution in [0.3, 0.4) is 0 Å². The molecule has 4 fully saturated rings. The van der Waals surface area contributed by atoms with Crippen LogP contribution in [0.2, 0.25) is 5.02 Å². The molecule has 0 amide bonds. The molecule has 1 aromatic carbocycles. The molecule has 0 saturated heterocycles. The zero-order valence-corrected chi connectivity index (χ0v) is 13.8. The van der Waals surface area contributed by atoms with Crippen LogP contribution in [0.4, 0.5) is 4.39 Å². The minimum absolute atomic E-state index is 0.0631. The van der Waals surface area contributed by atoms with E-state index in [0.29, 0.717) is 16.5 Å². The van der Waals surface area contributed by atoms with Crippen molar-refractivity contribution in [2.75, 3.05) is 0 Å². The highest BCUT2D eigenvalue weighted by molar-refractivity contribution is 6.32. The maximum absolute atomic E-state index is 13.6. The Bertz CT molecular complexity index is 541. The van der Waals surface area contributed by atoms with Crippen molar-refractivity contribution in [1.82, 2.24) is 0 Å². The molecule has 4 saturated carbocycles. The van der Waals surface area contributed by atoms with Crippen LogP contribution in [0.5, 0.6) is 0 Å². The van der Waals surface area contributed by atoms with E-state index in [9.17, 15) is 4.39 Å². The summed E-state index contributed by atoms with van der Waals surface area (Å²) in [5.41, 5.74) is 1.58. The van der Waals surface area contributed by atoms with Crippen LogP contribution in [0, 0.1) is 42.3 Å². The van der Waals surface area contributed by atoms with Gasteiger partial charge in [0.15, 0.2) is 0 Å². The van der Waals surface area contributed by atoms with Gasteiger partial charge in [-0.3, -0.25) is 0 Å². The molecule has 5 rings (SSSR count). The SMILES string of the molecule is Cc1cc(C(Cl)C2C3CC4CC(C3)CC2C4)c(Cl)cc1F. The fourth-order valence-corrected chi connectivity index (χ4v) is 6.46. The van der Waals surface area contributed by atoms with Gasteiger partial charge in [0.2, 0.25) is 0 Å². The van der Waals surface area contributed by atoms with E-state index in [4.69, 9.17) is 23.2 Å². The summed E-state index contributed by atoms with van der Waals surface area (Å²) in [5.74, 6) is 3.69. The minimum Gasteiger partial charge on any atom is -0.207 e. The zero-order valence-electron chi connectivity index (χ0n) is 12.3. The second-order valence-electron chi connectivity index (χ2n) is 7.53. The Kier molecular flexibility index (Phi) is 3.50. The summed E-state index contributed by atoms with van der Waals surface area (Å²) in [7, 11) is 0. The van der Waals surface area contributed by atoms with E-state index >= 15 is 0 Å². The lowest BCUT2D eigenvalue weighted by atomic mass is 9.51. The average Bonchev–Trinajstić information content (AvgIpc) is 2.41. The lowest BCUT2D eigenvalue weighted by Gasteiger charge is -2.55. The first-order chi connectivity index (χ1) is 10.0. The molecule has 0 heterocycles. The number of hydrogen-bond donors (Lipinski definition) is 0. The van der Waals surface area contributed by atoms with Crippen LogP contribution in [0.25, 0.3) is 0 Å². The highest BCUT2D eigenvalue weighted by atomic mass is 35.5. The van der Waals surface area contributed by atoms with Crippen LogP contribution < -0.4 is 0 Å². The molecular formula is C18H21Cl2F. The Hall–Kier alpha value is -0.270. The van der Waals surface area contributed by atoms with Gasteiger partial charge in [0.1, 0.15) is 5.82 Å². The maximum atomic E-state index is 13.6. The van der Waals surface area contributed by atoms with Crippen molar-refractivity contribution in [2.45, 2.75) is 44.4 Å². The Morgan fingerprint density at radius 1 is 1.05 bits per heavy atom. The number of halogens is 3. The Morgan fingerprint density at radius 3 is 2.19 bits per heavy atom. The van der Waals surface area contributed by atoms with Gasteiger partial charge in [-0.05, 0) is 85.8 Å². The summed E-state index contributed by atoms with van der Waals surface area (Å²) < 4.78 is 13.6. The molecule has 0 spiro atoms. The van der Waals surface area contributed by atoms with E-state index < -0.39 is 0 Å². The van der Waals surface area contributed by atoms with Gasteiger partial charge in [-0.25, -0.2) is 4.39 Å². The first-order valence-electron chi connectivity index (χ1n) is 8.12. The van der Waals surface area contributed by atoms with E-state index in [1.165, 1.54) is 38.2 Å². The van der Waals surface area contributed by atoms with E-state index in [2.05, 4.69) is 0 Å². The van der Waals surface area contributed by atoms with Crippen LogP contribution >= 0.6 is 23.2 Å². The predicted molar refractivity (Wildman–Crippen MR) is 85.3 cm³/mol. The van der Waals surface area contributed by atoms with Gasteiger partial charge in [0, 0.05) is 5.02 Å². The second-order valence-corrected chi connectivity index (χ2v) is 8.41. The normalized spacial score (nSPS) is 38.8. The van der Waals surface area contributed by atoms with E-state index in [1.54, 1.807) is 6.92 Å². The molecule has 1 unspecified atom stereocenters. The Balaban J connectivity index is 1.66. The van der Waals surface area contributed by atoms with Crippen molar-refractivity contribution < 1.29 is 4.39 Å². The second kappa shape index (κ2) is 5.13. The van der Waals surface area contributed by atoms with Crippen LogP contribution in [0.15, 0.2) is 12.1 Å². The van der Waals surface area contributed by atoms with Crippen molar-refractivity contribution in [3.63, 3.8) is 0 Å². The van der Waals surface area contributed by atoms with E-state index in [1.807, 2.05) is 6.07 Å². The molecule has 21 heavy (non-hydrogen) atoms. The van der Waals surface area contributed by atoms with Gasteiger partial charge in [-0.15, -0.1) is 11.6 Å². The van der Waals surface area contributed by atoms with E-state index in [-0.39, 0.29) is 11.2 Å². The van der Waals surface area contributed by atoms with Gasteiger partial charge in [0.05, 0.1) is 5.38 Å². The molecule has 0 aromatic heterocycles. The van der Waals surface area contributed by atoms with Gasteiger partial charge in [-0.1, -0.05) is 17.7 Å². The average molecular weight is 327 g/mol. The first kappa shape index (κ1) is 14.3. The third-order valence-corrected chi connectivity index (χ3v) is 7.07.